The molecular formula is C70H124O6. The Morgan fingerprint density at radius 3 is 0.737 bits per heavy atom. The van der Waals surface area contributed by atoms with Crippen LogP contribution in [0.5, 0.6) is 0 Å². The minimum absolute atomic E-state index is 0.0781. The molecule has 0 N–H and O–H groups in total. The summed E-state index contributed by atoms with van der Waals surface area (Å²) in [7, 11) is 0. The van der Waals surface area contributed by atoms with Crippen LogP contribution < -0.4 is 0 Å². The highest BCUT2D eigenvalue weighted by molar-refractivity contribution is 5.71. The second kappa shape index (κ2) is 64.4. The highest BCUT2D eigenvalue weighted by Gasteiger charge is 2.19. The highest BCUT2D eigenvalue weighted by Crippen LogP contribution is 2.16. The van der Waals surface area contributed by atoms with Crippen LogP contribution in [0.2, 0.25) is 0 Å². The fraction of sp³-hybridized carbons (Fsp3) is 0.786. The average Bonchev–Trinajstić information content (AvgIpc) is 3.42. The van der Waals surface area contributed by atoms with Gasteiger partial charge < -0.3 is 14.2 Å². The molecule has 0 fully saturated rings. The zero-order valence-electron chi connectivity index (χ0n) is 50.5. The zero-order chi connectivity index (χ0) is 55.0. The second-order valence-corrected chi connectivity index (χ2v) is 22.0. The van der Waals surface area contributed by atoms with Gasteiger partial charge in [-0.3, -0.25) is 14.4 Å². The van der Waals surface area contributed by atoms with Crippen LogP contribution in [0, 0.1) is 0 Å². The van der Waals surface area contributed by atoms with Crippen LogP contribution in [0.15, 0.2) is 72.9 Å². The smallest absolute Gasteiger partial charge is 0.306 e. The van der Waals surface area contributed by atoms with Crippen molar-refractivity contribution in [1.82, 2.24) is 0 Å². The summed E-state index contributed by atoms with van der Waals surface area (Å²) < 4.78 is 16.9. The molecular weight excluding hydrogens is 937 g/mol. The van der Waals surface area contributed by atoms with Gasteiger partial charge in [-0.2, -0.15) is 0 Å². The normalized spacial score (nSPS) is 12.5. The van der Waals surface area contributed by atoms with E-state index in [1.54, 1.807) is 0 Å². The van der Waals surface area contributed by atoms with Gasteiger partial charge in [0.1, 0.15) is 13.2 Å². The Bertz CT molecular complexity index is 1400. The van der Waals surface area contributed by atoms with E-state index in [4.69, 9.17) is 14.2 Å². The lowest BCUT2D eigenvalue weighted by atomic mass is 10.0. The Morgan fingerprint density at radius 1 is 0.263 bits per heavy atom. The molecule has 1 atom stereocenters. The first-order valence-corrected chi connectivity index (χ1v) is 32.9. The standard InChI is InChI=1S/C70H124O6/c1-4-7-10-13-16-19-22-25-27-29-31-33-35-37-39-41-43-45-48-51-54-57-60-63-69(72)75-66-67(65-74-68(71)62-59-56-53-50-47-24-21-18-15-12-9-6-3)76-70(73)64-61-58-55-52-49-46-44-42-40-38-36-34-32-30-28-26-23-20-17-14-11-8-5-2/h22-23,25-26,29-32,35-38,67H,4-21,24,27-28,33-34,39-66H2,1-3H3/b25-22-,26-23-,31-29-,32-30-,37-35-,38-36-. The van der Waals surface area contributed by atoms with Crippen molar-refractivity contribution in [3.63, 3.8) is 0 Å². The van der Waals surface area contributed by atoms with Gasteiger partial charge in [-0.1, -0.05) is 293 Å². The Hall–Kier alpha value is -3.15. The first kappa shape index (κ1) is 72.8. The number of rotatable bonds is 60. The molecule has 0 rings (SSSR count). The van der Waals surface area contributed by atoms with Crippen LogP contribution in [0.3, 0.4) is 0 Å². The third-order valence-corrected chi connectivity index (χ3v) is 14.4. The average molecular weight is 1060 g/mol. The Labute approximate surface area is 472 Å². The molecule has 0 aliphatic carbocycles. The first-order chi connectivity index (χ1) is 37.5. The molecule has 0 spiro atoms. The molecule has 0 bridgehead atoms. The summed E-state index contributed by atoms with van der Waals surface area (Å²) in [5, 5.41) is 0. The van der Waals surface area contributed by atoms with Gasteiger partial charge in [-0.15, -0.1) is 0 Å². The van der Waals surface area contributed by atoms with E-state index in [9.17, 15) is 14.4 Å². The fourth-order valence-electron chi connectivity index (χ4n) is 9.46. The molecule has 0 amide bonds. The van der Waals surface area contributed by atoms with E-state index >= 15 is 0 Å². The molecule has 0 aromatic rings. The Morgan fingerprint density at radius 2 is 0.474 bits per heavy atom. The zero-order valence-corrected chi connectivity index (χ0v) is 50.5. The van der Waals surface area contributed by atoms with Crippen LogP contribution in [0.4, 0.5) is 0 Å². The molecule has 0 aromatic heterocycles. The van der Waals surface area contributed by atoms with Crippen LogP contribution in [-0.2, 0) is 28.6 Å². The van der Waals surface area contributed by atoms with Gasteiger partial charge in [0.15, 0.2) is 6.10 Å². The van der Waals surface area contributed by atoms with E-state index in [0.717, 1.165) is 96.3 Å². The van der Waals surface area contributed by atoms with Gasteiger partial charge >= 0.3 is 17.9 Å². The van der Waals surface area contributed by atoms with Crippen molar-refractivity contribution >= 4 is 17.9 Å². The molecule has 6 nitrogen and oxygen atoms in total. The molecule has 0 aromatic carbocycles. The lowest BCUT2D eigenvalue weighted by Gasteiger charge is -2.18. The van der Waals surface area contributed by atoms with E-state index in [0.29, 0.717) is 19.3 Å². The van der Waals surface area contributed by atoms with Crippen molar-refractivity contribution in [3.05, 3.63) is 72.9 Å². The number of carbonyl (C=O) groups is 3. The number of hydrogen-bond donors (Lipinski definition) is 0. The van der Waals surface area contributed by atoms with E-state index < -0.39 is 6.10 Å². The number of allylic oxidation sites excluding steroid dienone is 12. The molecule has 0 radical (unpaired) electrons. The molecule has 440 valence electrons. The minimum Gasteiger partial charge on any atom is -0.462 e. The number of carbonyl (C=O) groups excluding carboxylic acids is 3. The predicted molar refractivity (Wildman–Crippen MR) is 330 cm³/mol. The summed E-state index contributed by atoms with van der Waals surface area (Å²) >= 11 is 0. The summed E-state index contributed by atoms with van der Waals surface area (Å²) in [5.74, 6) is -0.878. The largest absolute Gasteiger partial charge is 0.462 e. The minimum atomic E-state index is -0.782. The van der Waals surface area contributed by atoms with Crippen LogP contribution in [0.25, 0.3) is 0 Å². The molecule has 6 heteroatoms. The molecule has 0 aliphatic heterocycles. The summed E-state index contributed by atoms with van der Waals surface area (Å²) in [4.78, 5) is 38.3. The molecule has 0 aliphatic rings. The SMILES string of the molecule is CCCCCCC/C=C\C/C=C\C/C=C\CCCCCCCCCCC(=O)OCC(COC(=O)CCCCCCCCCCCCCC)OC(=O)CCCCCCCCCC/C=C\C/C=C\C/C=C\CCCCCCC. The molecule has 76 heavy (non-hydrogen) atoms. The van der Waals surface area contributed by atoms with E-state index in [1.165, 1.54) is 199 Å². The van der Waals surface area contributed by atoms with Gasteiger partial charge in [0.05, 0.1) is 0 Å². The summed E-state index contributed by atoms with van der Waals surface area (Å²) in [6.07, 6.45) is 83.3. The van der Waals surface area contributed by atoms with Crippen LogP contribution in [-0.4, -0.2) is 37.2 Å². The van der Waals surface area contributed by atoms with Crippen molar-refractivity contribution < 1.29 is 28.6 Å². The van der Waals surface area contributed by atoms with Crippen molar-refractivity contribution in [2.75, 3.05) is 13.2 Å². The van der Waals surface area contributed by atoms with E-state index in [2.05, 4.69) is 93.7 Å². The summed E-state index contributed by atoms with van der Waals surface area (Å²) in [6, 6.07) is 0. The Balaban J connectivity index is 4.33. The van der Waals surface area contributed by atoms with Crippen LogP contribution in [0.1, 0.15) is 335 Å². The van der Waals surface area contributed by atoms with Crippen molar-refractivity contribution in [2.24, 2.45) is 0 Å². The lowest BCUT2D eigenvalue weighted by molar-refractivity contribution is -0.167. The van der Waals surface area contributed by atoms with Gasteiger partial charge in [-0.05, 0) is 96.3 Å². The molecule has 0 heterocycles. The van der Waals surface area contributed by atoms with E-state index in [-0.39, 0.29) is 31.1 Å². The first-order valence-electron chi connectivity index (χ1n) is 32.9. The Kier molecular flexibility index (Phi) is 61.7. The molecule has 1 unspecified atom stereocenters. The molecule has 0 saturated carbocycles. The van der Waals surface area contributed by atoms with Crippen molar-refractivity contribution in [1.29, 1.82) is 0 Å². The third-order valence-electron chi connectivity index (χ3n) is 14.4. The number of ether oxygens (including phenoxy) is 3. The third kappa shape index (κ3) is 61.7. The second-order valence-electron chi connectivity index (χ2n) is 22.0. The fourth-order valence-corrected chi connectivity index (χ4v) is 9.46. The van der Waals surface area contributed by atoms with Gasteiger partial charge in [0.2, 0.25) is 0 Å². The maximum atomic E-state index is 12.9. The lowest BCUT2D eigenvalue weighted by Crippen LogP contribution is -2.30. The van der Waals surface area contributed by atoms with Gasteiger partial charge in [0.25, 0.3) is 0 Å². The quantitative estimate of drug-likeness (QED) is 0.0261. The van der Waals surface area contributed by atoms with Crippen molar-refractivity contribution in [2.45, 2.75) is 341 Å². The summed E-state index contributed by atoms with van der Waals surface area (Å²) in [5.41, 5.74) is 0. The van der Waals surface area contributed by atoms with E-state index in [1.807, 2.05) is 0 Å². The molecule has 0 saturated heterocycles. The monoisotopic (exact) mass is 1060 g/mol. The van der Waals surface area contributed by atoms with Crippen LogP contribution >= 0.6 is 0 Å². The van der Waals surface area contributed by atoms with Crippen molar-refractivity contribution in [3.8, 4) is 0 Å². The van der Waals surface area contributed by atoms with Gasteiger partial charge in [0, 0.05) is 19.3 Å². The highest BCUT2D eigenvalue weighted by atomic mass is 16.6. The topological polar surface area (TPSA) is 78.9 Å². The maximum absolute atomic E-state index is 12.9. The number of esters is 3. The predicted octanol–water partition coefficient (Wildman–Crippen LogP) is 22.5. The summed E-state index contributed by atoms with van der Waals surface area (Å²) in [6.45, 7) is 6.64. The number of unbranched alkanes of at least 4 members (excludes halogenated alkanes) is 37. The maximum Gasteiger partial charge on any atom is 0.306 e. The number of hydrogen-bond acceptors (Lipinski definition) is 6. The van der Waals surface area contributed by atoms with Gasteiger partial charge in [-0.25, -0.2) is 0 Å².